The predicted molar refractivity (Wildman–Crippen MR) is 79.6 cm³/mol. The molecule has 0 amide bonds. The molecule has 20 heavy (non-hydrogen) atoms. The summed E-state index contributed by atoms with van der Waals surface area (Å²) in [5, 5.41) is 0. The monoisotopic (exact) mass is 317 g/mol. The summed E-state index contributed by atoms with van der Waals surface area (Å²) in [7, 11) is -3.35. The highest BCUT2D eigenvalue weighted by molar-refractivity contribution is 7.89. The maximum atomic E-state index is 11.8. The van der Waals surface area contributed by atoms with Crippen molar-refractivity contribution in [3.05, 3.63) is 34.2 Å². The van der Waals surface area contributed by atoms with Crippen LogP contribution in [0.1, 0.15) is 24.9 Å². The lowest BCUT2D eigenvalue weighted by molar-refractivity contribution is 0.566. The first-order valence-corrected chi connectivity index (χ1v) is 8.38. The molecule has 6 nitrogen and oxygen atoms in total. The maximum absolute atomic E-state index is 11.8. The molecule has 1 aromatic carbocycles. The van der Waals surface area contributed by atoms with Crippen LogP contribution in [-0.2, 0) is 10.0 Å². The standard InChI is InChI=1S/C12H16ClN3O3S/c1-8(16-20(18,19)6-2-5-13)9-3-4-10-11(7-9)15-12(17)14-10/h3-4,7-8,16H,2,5-6H2,1H3,(H2,14,15,17). The summed E-state index contributed by atoms with van der Waals surface area (Å²) in [6.07, 6.45) is 0.410. The number of fused-ring (bicyclic) bond motifs is 1. The second kappa shape index (κ2) is 5.99. The number of halogens is 1. The Hall–Kier alpha value is -1.31. The van der Waals surface area contributed by atoms with E-state index in [2.05, 4.69) is 14.7 Å². The molecule has 2 rings (SSSR count). The molecule has 1 heterocycles. The SMILES string of the molecule is CC(NS(=O)(=O)CCCCl)c1ccc2[nH]c(=O)[nH]c2c1. The van der Waals surface area contributed by atoms with E-state index in [0.717, 1.165) is 5.56 Å². The van der Waals surface area contributed by atoms with Gasteiger partial charge in [-0.2, -0.15) is 0 Å². The van der Waals surface area contributed by atoms with Gasteiger partial charge in [-0.15, -0.1) is 11.6 Å². The maximum Gasteiger partial charge on any atom is 0.323 e. The van der Waals surface area contributed by atoms with Crippen LogP contribution >= 0.6 is 11.6 Å². The predicted octanol–water partition coefficient (Wildman–Crippen LogP) is 1.47. The van der Waals surface area contributed by atoms with Crippen molar-refractivity contribution in [2.24, 2.45) is 0 Å². The number of imidazole rings is 1. The van der Waals surface area contributed by atoms with Gasteiger partial charge < -0.3 is 9.97 Å². The summed E-state index contributed by atoms with van der Waals surface area (Å²) < 4.78 is 26.2. The third kappa shape index (κ3) is 3.62. The van der Waals surface area contributed by atoms with Crippen LogP contribution in [0.5, 0.6) is 0 Å². The molecule has 1 atom stereocenters. The zero-order valence-corrected chi connectivity index (χ0v) is 12.5. The molecule has 0 fully saturated rings. The number of aromatic amines is 2. The number of hydrogen-bond donors (Lipinski definition) is 3. The first-order chi connectivity index (χ1) is 9.41. The van der Waals surface area contributed by atoms with Crippen LogP contribution in [0.15, 0.2) is 23.0 Å². The number of H-pyrrole nitrogens is 2. The molecule has 1 aromatic heterocycles. The zero-order chi connectivity index (χ0) is 14.8. The summed E-state index contributed by atoms with van der Waals surface area (Å²) in [4.78, 5) is 16.5. The molecular weight excluding hydrogens is 302 g/mol. The molecule has 0 saturated heterocycles. The first kappa shape index (κ1) is 15.1. The minimum absolute atomic E-state index is 0.00404. The van der Waals surface area contributed by atoms with Gasteiger partial charge in [0.2, 0.25) is 10.0 Å². The fourth-order valence-electron chi connectivity index (χ4n) is 1.96. The van der Waals surface area contributed by atoms with E-state index in [9.17, 15) is 13.2 Å². The molecule has 0 aliphatic rings. The Morgan fingerprint density at radius 2 is 2.00 bits per heavy atom. The molecule has 8 heteroatoms. The van der Waals surface area contributed by atoms with Crippen LogP contribution in [0, 0.1) is 0 Å². The Morgan fingerprint density at radius 3 is 2.70 bits per heavy atom. The van der Waals surface area contributed by atoms with Gasteiger partial charge in [0.15, 0.2) is 0 Å². The zero-order valence-electron chi connectivity index (χ0n) is 10.9. The lowest BCUT2D eigenvalue weighted by Gasteiger charge is -2.14. The summed E-state index contributed by atoms with van der Waals surface area (Å²) >= 11 is 5.50. The minimum Gasteiger partial charge on any atom is -0.306 e. The van der Waals surface area contributed by atoms with Gasteiger partial charge in [0.25, 0.3) is 0 Å². The fraction of sp³-hybridized carbons (Fsp3) is 0.417. The van der Waals surface area contributed by atoms with Gasteiger partial charge in [-0.05, 0) is 31.0 Å². The van der Waals surface area contributed by atoms with Crippen LogP contribution in [0.2, 0.25) is 0 Å². The highest BCUT2D eigenvalue weighted by Crippen LogP contribution is 2.17. The average molecular weight is 318 g/mol. The largest absolute Gasteiger partial charge is 0.323 e. The van der Waals surface area contributed by atoms with Crippen molar-refractivity contribution in [2.45, 2.75) is 19.4 Å². The number of hydrogen-bond acceptors (Lipinski definition) is 3. The molecule has 0 spiro atoms. The van der Waals surface area contributed by atoms with Gasteiger partial charge in [-0.25, -0.2) is 17.9 Å². The van der Waals surface area contributed by atoms with E-state index in [-0.39, 0.29) is 17.5 Å². The number of alkyl halides is 1. The smallest absolute Gasteiger partial charge is 0.306 e. The molecule has 0 saturated carbocycles. The summed E-state index contributed by atoms with van der Waals surface area (Å²) in [5.74, 6) is 0.315. The van der Waals surface area contributed by atoms with Gasteiger partial charge in [0.1, 0.15) is 0 Å². The van der Waals surface area contributed by atoms with E-state index in [1.165, 1.54) is 0 Å². The highest BCUT2D eigenvalue weighted by atomic mass is 35.5. The van der Waals surface area contributed by atoms with Crippen molar-refractivity contribution in [1.29, 1.82) is 0 Å². The Bertz CT molecular complexity index is 751. The van der Waals surface area contributed by atoms with Gasteiger partial charge in [0, 0.05) is 11.9 Å². The third-order valence-electron chi connectivity index (χ3n) is 2.94. The van der Waals surface area contributed by atoms with Crippen LogP contribution in [0.3, 0.4) is 0 Å². The van der Waals surface area contributed by atoms with Gasteiger partial charge in [-0.1, -0.05) is 6.07 Å². The molecule has 0 bridgehead atoms. The first-order valence-electron chi connectivity index (χ1n) is 6.19. The number of sulfonamides is 1. The molecular formula is C12H16ClN3O3S. The third-order valence-corrected chi connectivity index (χ3v) is 4.75. The summed E-state index contributed by atoms with van der Waals surface area (Å²) in [6.45, 7) is 1.75. The molecule has 2 aromatic rings. The normalized spacial score (nSPS) is 13.7. The van der Waals surface area contributed by atoms with Crippen molar-refractivity contribution in [2.75, 3.05) is 11.6 Å². The van der Waals surface area contributed by atoms with E-state index in [0.29, 0.717) is 23.3 Å². The molecule has 110 valence electrons. The second-order valence-electron chi connectivity index (χ2n) is 4.59. The lowest BCUT2D eigenvalue weighted by atomic mass is 10.1. The van der Waals surface area contributed by atoms with Crippen LogP contribution in [0.25, 0.3) is 11.0 Å². The number of nitrogens with one attached hydrogen (secondary N) is 3. The van der Waals surface area contributed by atoms with Crippen molar-refractivity contribution in [1.82, 2.24) is 14.7 Å². The van der Waals surface area contributed by atoms with Gasteiger partial charge in [0.05, 0.1) is 16.8 Å². The van der Waals surface area contributed by atoms with Crippen molar-refractivity contribution < 1.29 is 8.42 Å². The molecule has 1 unspecified atom stereocenters. The van der Waals surface area contributed by atoms with Crippen LogP contribution in [-0.4, -0.2) is 30.0 Å². The molecule has 0 aliphatic carbocycles. The van der Waals surface area contributed by atoms with Crippen molar-refractivity contribution >= 4 is 32.7 Å². The van der Waals surface area contributed by atoms with Crippen molar-refractivity contribution in [3.8, 4) is 0 Å². The van der Waals surface area contributed by atoms with E-state index < -0.39 is 10.0 Å². The fourth-order valence-corrected chi connectivity index (χ4v) is 3.57. The summed E-state index contributed by atoms with van der Waals surface area (Å²) in [5.41, 5.74) is 1.84. The quantitative estimate of drug-likeness (QED) is 0.704. The van der Waals surface area contributed by atoms with E-state index in [1.54, 1.807) is 25.1 Å². The van der Waals surface area contributed by atoms with E-state index >= 15 is 0 Å². The molecule has 0 aliphatic heterocycles. The number of benzene rings is 1. The number of rotatable bonds is 6. The summed E-state index contributed by atoms with van der Waals surface area (Å²) in [6, 6.07) is 4.90. The number of aromatic nitrogens is 2. The van der Waals surface area contributed by atoms with Gasteiger partial charge in [-0.3, -0.25) is 0 Å². The topological polar surface area (TPSA) is 94.8 Å². The second-order valence-corrected chi connectivity index (χ2v) is 6.84. The van der Waals surface area contributed by atoms with E-state index in [1.807, 2.05) is 0 Å². The van der Waals surface area contributed by atoms with Crippen LogP contribution < -0.4 is 10.4 Å². The van der Waals surface area contributed by atoms with E-state index in [4.69, 9.17) is 11.6 Å². The Morgan fingerprint density at radius 1 is 1.30 bits per heavy atom. The average Bonchev–Trinajstić information content (AvgIpc) is 2.74. The lowest BCUT2D eigenvalue weighted by Crippen LogP contribution is -2.29. The highest BCUT2D eigenvalue weighted by Gasteiger charge is 2.15. The Balaban J connectivity index is 2.18. The van der Waals surface area contributed by atoms with Crippen molar-refractivity contribution in [3.63, 3.8) is 0 Å². The van der Waals surface area contributed by atoms with Crippen LogP contribution in [0.4, 0.5) is 0 Å². The Labute approximate surface area is 121 Å². The minimum atomic E-state index is -3.35. The Kier molecular flexibility index (Phi) is 4.52. The van der Waals surface area contributed by atoms with Gasteiger partial charge >= 0.3 is 5.69 Å². The molecule has 0 radical (unpaired) electrons. The molecule has 3 N–H and O–H groups in total.